The van der Waals surface area contributed by atoms with Gasteiger partial charge in [-0.15, -0.1) is 0 Å². The molecule has 3 amide bonds. The molecule has 2 heterocycles. The number of likely N-dealkylation sites (tertiary alicyclic amines) is 1. The smallest absolute Gasteiger partial charge is 0.343 e. The molecule has 0 radical (unpaired) electrons. The molecule has 0 spiro atoms. The number of aromatic amines is 1. The molecular formula is C33H40N8O4. The number of carbonyl (C=O) groups is 3. The quantitative estimate of drug-likeness (QED) is 0.265. The summed E-state index contributed by atoms with van der Waals surface area (Å²) in [6.45, 7) is 8.12. The first-order valence-corrected chi connectivity index (χ1v) is 15.4. The summed E-state index contributed by atoms with van der Waals surface area (Å²) >= 11 is 0. The summed E-state index contributed by atoms with van der Waals surface area (Å²) in [6, 6.07) is 12.2. The zero-order chi connectivity index (χ0) is 32.6. The fourth-order valence-corrected chi connectivity index (χ4v) is 6.98. The number of rotatable bonds is 9. The van der Waals surface area contributed by atoms with Gasteiger partial charge in [-0.25, -0.2) is 9.48 Å². The highest BCUT2D eigenvalue weighted by Gasteiger charge is 2.44. The van der Waals surface area contributed by atoms with Gasteiger partial charge in [-0.2, -0.15) is 10.4 Å². The Kier molecular flexibility index (Phi) is 8.67. The van der Waals surface area contributed by atoms with Gasteiger partial charge in [0, 0.05) is 17.2 Å². The molecule has 12 heteroatoms. The van der Waals surface area contributed by atoms with Gasteiger partial charge in [0.15, 0.2) is 0 Å². The molecule has 2 aliphatic rings. The maximum absolute atomic E-state index is 13.3. The third kappa shape index (κ3) is 5.64. The molecular weight excluding hydrogens is 572 g/mol. The normalized spacial score (nSPS) is 20.3. The number of H-pyrrole nitrogens is 1. The molecule has 3 aromatic rings. The molecule has 2 unspecified atom stereocenters. The van der Waals surface area contributed by atoms with Crippen LogP contribution >= 0.6 is 0 Å². The predicted octanol–water partition coefficient (Wildman–Crippen LogP) is 1.91. The number of benzene rings is 2. The molecule has 2 aromatic carbocycles. The van der Waals surface area contributed by atoms with Crippen molar-refractivity contribution in [3.05, 3.63) is 86.1 Å². The summed E-state index contributed by atoms with van der Waals surface area (Å²) in [7, 11) is 0. The largest absolute Gasteiger partial charge is 0.366 e. The number of carbonyl (C=O) groups excluding carboxylic acids is 3. The average Bonchev–Trinajstić information content (AvgIpc) is 3.50. The molecule has 0 saturated carbocycles. The number of nitrogens with two attached hydrogens (primary N) is 2. The number of fused-ring (bicyclic) bond motifs is 2. The van der Waals surface area contributed by atoms with Crippen LogP contribution in [0, 0.1) is 17.2 Å². The summed E-state index contributed by atoms with van der Waals surface area (Å²) in [4.78, 5) is 55.5. The van der Waals surface area contributed by atoms with Crippen LogP contribution in [0.4, 0.5) is 0 Å². The average molecular weight is 613 g/mol. The molecule has 45 heavy (non-hydrogen) atoms. The molecule has 0 bridgehead atoms. The van der Waals surface area contributed by atoms with Crippen molar-refractivity contribution in [2.75, 3.05) is 13.1 Å². The number of primary amides is 2. The van der Waals surface area contributed by atoms with Crippen molar-refractivity contribution in [1.82, 2.24) is 25.0 Å². The molecule has 5 rings (SSSR count). The fraction of sp³-hybridized carbons (Fsp3) is 0.455. The number of nitrogens with one attached hydrogen (secondary N) is 2. The zero-order valence-corrected chi connectivity index (χ0v) is 26.1. The molecule has 6 N–H and O–H groups in total. The first-order valence-electron chi connectivity index (χ1n) is 15.4. The van der Waals surface area contributed by atoms with Crippen LogP contribution < -0.4 is 22.5 Å². The number of amides is 3. The minimum Gasteiger partial charge on any atom is -0.366 e. The van der Waals surface area contributed by atoms with E-state index < -0.39 is 23.3 Å². The molecule has 1 fully saturated rings. The van der Waals surface area contributed by atoms with E-state index in [2.05, 4.69) is 16.4 Å². The van der Waals surface area contributed by atoms with E-state index in [1.165, 1.54) is 4.68 Å². The number of aryl methyl sites for hydroxylation is 2. The second kappa shape index (κ2) is 12.3. The molecule has 3 atom stereocenters. The van der Waals surface area contributed by atoms with Gasteiger partial charge in [-0.3, -0.25) is 19.4 Å². The SMILES string of the molecule is CC1CC(C#N)N(C(=O)CNCCC2(c3nn(C(C)C)c(=O)[nH]3)c3ccc(C(N)=O)cc3CCc3cc(C(N)=O)ccc32)[C@H]1C. The lowest BCUT2D eigenvalue weighted by Gasteiger charge is -2.35. The van der Waals surface area contributed by atoms with Crippen LogP contribution in [0.15, 0.2) is 41.2 Å². The van der Waals surface area contributed by atoms with Crippen molar-refractivity contribution in [2.24, 2.45) is 17.4 Å². The van der Waals surface area contributed by atoms with E-state index in [1.54, 1.807) is 29.2 Å². The minimum atomic E-state index is -1.03. The van der Waals surface area contributed by atoms with E-state index >= 15 is 0 Å². The Morgan fingerprint density at radius 3 is 2.13 bits per heavy atom. The Hall–Kier alpha value is -4.76. The Morgan fingerprint density at radius 1 is 1.07 bits per heavy atom. The molecule has 1 aliphatic carbocycles. The van der Waals surface area contributed by atoms with Crippen molar-refractivity contribution >= 4 is 17.7 Å². The first kappa shape index (κ1) is 31.7. The van der Waals surface area contributed by atoms with Crippen molar-refractivity contribution in [3.63, 3.8) is 0 Å². The van der Waals surface area contributed by atoms with Gasteiger partial charge in [0.1, 0.15) is 11.9 Å². The van der Waals surface area contributed by atoms with E-state index in [4.69, 9.17) is 16.6 Å². The first-order chi connectivity index (χ1) is 21.4. The van der Waals surface area contributed by atoms with E-state index in [9.17, 15) is 24.4 Å². The van der Waals surface area contributed by atoms with E-state index in [1.807, 2.05) is 39.8 Å². The Labute approximate surface area is 261 Å². The topological polar surface area (TPSA) is 193 Å². The second-order valence-electron chi connectivity index (χ2n) is 12.5. The maximum Gasteiger partial charge on any atom is 0.343 e. The summed E-state index contributed by atoms with van der Waals surface area (Å²) in [6.07, 6.45) is 2.08. The van der Waals surface area contributed by atoms with Gasteiger partial charge in [-0.1, -0.05) is 19.1 Å². The molecule has 12 nitrogen and oxygen atoms in total. The molecule has 236 valence electrons. The highest BCUT2D eigenvalue weighted by molar-refractivity contribution is 5.94. The lowest BCUT2D eigenvalue weighted by molar-refractivity contribution is -0.132. The van der Waals surface area contributed by atoms with E-state index in [-0.39, 0.29) is 36.1 Å². The highest BCUT2D eigenvalue weighted by atomic mass is 16.2. The molecule has 1 aliphatic heterocycles. The predicted molar refractivity (Wildman–Crippen MR) is 167 cm³/mol. The standard InChI is InChI=1S/C33H40N8O4/c1-18(2)41-32(45)38-31(39-41)33(11-12-37-17-28(42)40-20(4)19(3)13-25(40)16-34)26-9-7-23(29(35)43)14-21(26)5-6-22-15-24(30(36)44)8-10-27(22)33/h7-10,14-15,18-20,25,37H,5-6,11-13,17H2,1-4H3,(H2,35,43)(H2,36,44)(H,38,39,45)/t19?,20-,25?/m0/s1. The van der Waals surface area contributed by atoms with E-state index in [0.29, 0.717) is 49.2 Å². The van der Waals surface area contributed by atoms with Gasteiger partial charge in [0.05, 0.1) is 24.1 Å². The zero-order valence-electron chi connectivity index (χ0n) is 26.1. The fourth-order valence-electron chi connectivity index (χ4n) is 6.98. The lowest BCUT2D eigenvalue weighted by atomic mass is 9.69. The van der Waals surface area contributed by atoms with Crippen molar-refractivity contribution in [1.29, 1.82) is 5.26 Å². The molecule has 1 saturated heterocycles. The summed E-state index contributed by atoms with van der Waals surface area (Å²) in [5.74, 6) is -0.628. The van der Waals surface area contributed by atoms with Gasteiger partial charge >= 0.3 is 5.69 Å². The minimum absolute atomic E-state index is 0.0310. The van der Waals surface area contributed by atoms with Crippen LogP contribution in [0.3, 0.4) is 0 Å². The van der Waals surface area contributed by atoms with Crippen LogP contribution in [0.25, 0.3) is 0 Å². The summed E-state index contributed by atoms with van der Waals surface area (Å²) in [5, 5.41) is 17.7. The van der Waals surface area contributed by atoms with Gasteiger partial charge in [0.25, 0.3) is 0 Å². The van der Waals surface area contributed by atoms with Gasteiger partial charge in [-0.05, 0) is 105 Å². The van der Waals surface area contributed by atoms with Gasteiger partial charge < -0.3 is 21.7 Å². The summed E-state index contributed by atoms with van der Waals surface area (Å²) < 4.78 is 1.39. The van der Waals surface area contributed by atoms with Crippen molar-refractivity contribution in [2.45, 2.75) is 76.9 Å². The number of nitriles is 1. The number of nitrogens with zero attached hydrogens (tertiary/aromatic N) is 4. The molecule has 1 aromatic heterocycles. The monoisotopic (exact) mass is 612 g/mol. The lowest BCUT2D eigenvalue weighted by Crippen LogP contribution is -2.45. The second-order valence-corrected chi connectivity index (χ2v) is 12.5. The van der Waals surface area contributed by atoms with Crippen LogP contribution in [0.5, 0.6) is 0 Å². The van der Waals surface area contributed by atoms with E-state index in [0.717, 1.165) is 22.3 Å². The summed E-state index contributed by atoms with van der Waals surface area (Å²) in [5.41, 5.74) is 14.0. The highest BCUT2D eigenvalue weighted by Crippen LogP contribution is 2.46. The van der Waals surface area contributed by atoms with Crippen LogP contribution in [-0.2, 0) is 23.1 Å². The van der Waals surface area contributed by atoms with Crippen LogP contribution in [-0.4, -0.2) is 62.6 Å². The Bertz CT molecular complexity index is 1680. The third-order valence-electron chi connectivity index (χ3n) is 9.48. The Morgan fingerprint density at radius 2 is 1.64 bits per heavy atom. The number of aromatic nitrogens is 3. The van der Waals surface area contributed by atoms with Crippen molar-refractivity contribution in [3.8, 4) is 6.07 Å². The number of hydrogen-bond acceptors (Lipinski definition) is 7. The van der Waals surface area contributed by atoms with Crippen LogP contribution in [0.1, 0.15) is 95.4 Å². The van der Waals surface area contributed by atoms with Crippen molar-refractivity contribution < 1.29 is 14.4 Å². The van der Waals surface area contributed by atoms with Gasteiger partial charge in [0.2, 0.25) is 17.7 Å². The third-order valence-corrected chi connectivity index (χ3v) is 9.48. The van der Waals surface area contributed by atoms with Crippen LogP contribution in [0.2, 0.25) is 0 Å². The maximum atomic E-state index is 13.3. The number of hydrogen-bond donors (Lipinski definition) is 4. The Balaban J connectivity index is 1.61.